The van der Waals surface area contributed by atoms with E-state index in [2.05, 4.69) is 15.3 Å². The number of para-hydroxylation sites is 1. The van der Waals surface area contributed by atoms with Gasteiger partial charge in [-0.15, -0.1) is 0 Å². The van der Waals surface area contributed by atoms with Gasteiger partial charge >= 0.3 is 0 Å². The van der Waals surface area contributed by atoms with E-state index in [4.69, 9.17) is 4.42 Å². The number of carbonyl (C=O) groups is 2. The van der Waals surface area contributed by atoms with Crippen molar-refractivity contribution in [3.63, 3.8) is 0 Å². The molecule has 2 heterocycles. The number of aromatic amines is 1. The van der Waals surface area contributed by atoms with Crippen molar-refractivity contribution in [2.75, 3.05) is 5.32 Å². The van der Waals surface area contributed by atoms with Crippen LogP contribution in [0.2, 0.25) is 0 Å². The van der Waals surface area contributed by atoms with Crippen molar-refractivity contribution in [3.05, 3.63) is 60.1 Å². The molecule has 122 valence electrons. The van der Waals surface area contributed by atoms with Crippen molar-refractivity contribution in [1.29, 1.82) is 0 Å². The fourth-order valence-electron chi connectivity index (χ4n) is 2.40. The Hall–Kier alpha value is -3.15. The first-order valence-electron chi connectivity index (χ1n) is 7.57. The lowest BCUT2D eigenvalue weighted by Crippen LogP contribution is -2.20. The zero-order chi connectivity index (χ0) is 17.1. The maximum atomic E-state index is 12.5. The summed E-state index contributed by atoms with van der Waals surface area (Å²) in [7, 11) is 0. The van der Waals surface area contributed by atoms with Crippen LogP contribution < -0.4 is 5.32 Å². The van der Waals surface area contributed by atoms with Crippen LogP contribution >= 0.6 is 0 Å². The van der Waals surface area contributed by atoms with Crippen molar-refractivity contribution in [2.24, 2.45) is 0 Å². The molecule has 0 saturated carbocycles. The van der Waals surface area contributed by atoms with Gasteiger partial charge in [-0.05, 0) is 31.2 Å². The van der Waals surface area contributed by atoms with E-state index in [-0.39, 0.29) is 17.4 Å². The number of carbonyl (C=O) groups excluding carboxylic acids is 2. The monoisotopic (exact) mass is 323 g/mol. The number of amides is 1. The van der Waals surface area contributed by atoms with Crippen molar-refractivity contribution >= 4 is 17.4 Å². The summed E-state index contributed by atoms with van der Waals surface area (Å²) in [6, 6.07) is 12.6. The van der Waals surface area contributed by atoms with E-state index >= 15 is 0 Å². The number of rotatable bonds is 5. The third-order valence-electron chi connectivity index (χ3n) is 3.69. The summed E-state index contributed by atoms with van der Waals surface area (Å²) >= 11 is 0. The van der Waals surface area contributed by atoms with Crippen LogP contribution in [-0.2, 0) is 4.79 Å². The summed E-state index contributed by atoms with van der Waals surface area (Å²) in [4.78, 5) is 31.7. The number of imidazole rings is 1. The van der Waals surface area contributed by atoms with Gasteiger partial charge < -0.3 is 14.7 Å². The number of hydrogen-bond donors (Lipinski definition) is 2. The minimum atomic E-state index is -0.569. The predicted octanol–water partition coefficient (Wildman–Crippen LogP) is 3.61. The summed E-state index contributed by atoms with van der Waals surface area (Å²) in [5, 5.41) is 2.83. The number of aromatic nitrogens is 2. The molecule has 6 heteroatoms. The Balaban J connectivity index is 1.89. The van der Waals surface area contributed by atoms with Gasteiger partial charge in [-0.1, -0.05) is 18.2 Å². The maximum Gasteiger partial charge on any atom is 0.233 e. The smallest absolute Gasteiger partial charge is 0.233 e. The molecule has 2 aromatic heterocycles. The normalized spacial score (nSPS) is 11.9. The molecule has 0 fully saturated rings. The van der Waals surface area contributed by atoms with E-state index in [9.17, 15) is 9.59 Å². The first kappa shape index (κ1) is 15.7. The number of benzene rings is 1. The number of ketones is 1. The molecule has 2 N–H and O–H groups in total. The van der Waals surface area contributed by atoms with Crippen LogP contribution in [0.15, 0.2) is 53.1 Å². The zero-order valence-corrected chi connectivity index (χ0v) is 13.4. The number of furan rings is 1. The second kappa shape index (κ2) is 6.54. The van der Waals surface area contributed by atoms with Crippen molar-refractivity contribution in [1.82, 2.24) is 9.97 Å². The largest absolute Gasteiger partial charge is 0.461 e. The molecule has 6 nitrogen and oxygen atoms in total. The van der Waals surface area contributed by atoms with Crippen LogP contribution in [0, 0.1) is 0 Å². The summed E-state index contributed by atoms with van der Waals surface area (Å²) in [5.74, 6) is -0.0592. The summed E-state index contributed by atoms with van der Waals surface area (Å²) < 4.78 is 5.30. The molecule has 3 rings (SSSR count). The van der Waals surface area contributed by atoms with E-state index in [0.29, 0.717) is 23.0 Å². The van der Waals surface area contributed by atoms with Gasteiger partial charge in [-0.3, -0.25) is 9.59 Å². The second-order valence-corrected chi connectivity index (χ2v) is 5.46. The van der Waals surface area contributed by atoms with Crippen LogP contribution in [0.1, 0.15) is 35.9 Å². The zero-order valence-electron chi connectivity index (χ0n) is 13.4. The van der Waals surface area contributed by atoms with Crippen LogP contribution in [0.4, 0.5) is 5.69 Å². The molecule has 0 aliphatic heterocycles. The minimum Gasteiger partial charge on any atom is -0.461 e. The molecule has 0 aliphatic carbocycles. The molecule has 0 saturated heterocycles. The molecule has 1 amide bonds. The number of Topliss-reactive ketones (excluding diaryl/α,β-unsaturated/α-hetero) is 1. The van der Waals surface area contributed by atoms with E-state index < -0.39 is 5.92 Å². The molecule has 1 unspecified atom stereocenters. The fourth-order valence-corrected chi connectivity index (χ4v) is 2.40. The first-order valence-corrected chi connectivity index (χ1v) is 7.57. The van der Waals surface area contributed by atoms with Crippen LogP contribution in [0.25, 0.3) is 11.6 Å². The third-order valence-corrected chi connectivity index (χ3v) is 3.69. The topological polar surface area (TPSA) is 88.0 Å². The SMILES string of the molecule is CC(=O)c1nc(-c2ccco2)[nH]c1C(C)C(=O)Nc1ccccc1. The number of nitrogens with zero attached hydrogens (tertiary/aromatic N) is 1. The number of hydrogen-bond acceptors (Lipinski definition) is 4. The highest BCUT2D eigenvalue weighted by Crippen LogP contribution is 2.25. The molecule has 1 atom stereocenters. The Labute approximate surface area is 138 Å². The number of H-pyrrole nitrogens is 1. The van der Waals surface area contributed by atoms with E-state index in [0.717, 1.165) is 0 Å². The fraction of sp³-hybridized carbons (Fsp3) is 0.167. The summed E-state index contributed by atoms with van der Waals surface area (Å²) in [6.07, 6.45) is 1.52. The molecule has 0 bridgehead atoms. The predicted molar refractivity (Wildman–Crippen MR) is 89.8 cm³/mol. The lowest BCUT2D eigenvalue weighted by atomic mass is 10.0. The summed E-state index contributed by atoms with van der Waals surface area (Å²) in [6.45, 7) is 3.15. The van der Waals surface area contributed by atoms with Crippen LogP contribution in [-0.4, -0.2) is 21.7 Å². The molecule has 0 aliphatic rings. The van der Waals surface area contributed by atoms with Gasteiger partial charge in [0.25, 0.3) is 0 Å². The number of anilines is 1. The van der Waals surface area contributed by atoms with Gasteiger partial charge in [0.15, 0.2) is 17.4 Å². The van der Waals surface area contributed by atoms with Gasteiger partial charge in [0.1, 0.15) is 5.69 Å². The highest BCUT2D eigenvalue weighted by atomic mass is 16.3. The van der Waals surface area contributed by atoms with Gasteiger partial charge in [0.2, 0.25) is 5.91 Å². The van der Waals surface area contributed by atoms with Crippen molar-refractivity contribution in [2.45, 2.75) is 19.8 Å². The van der Waals surface area contributed by atoms with Gasteiger partial charge in [-0.2, -0.15) is 0 Å². The first-order chi connectivity index (χ1) is 11.6. The van der Waals surface area contributed by atoms with Gasteiger partial charge in [0, 0.05) is 12.6 Å². The number of nitrogens with one attached hydrogen (secondary N) is 2. The minimum absolute atomic E-state index is 0.210. The molecular formula is C18H17N3O3. The standard InChI is InChI=1S/C18H17N3O3/c1-11(18(23)19-13-7-4-3-5-8-13)15-16(12(2)22)21-17(20-15)14-9-6-10-24-14/h3-11H,1-2H3,(H,19,23)(H,20,21). The molecular weight excluding hydrogens is 306 g/mol. The molecule has 0 spiro atoms. The highest BCUT2D eigenvalue weighted by Gasteiger charge is 2.25. The van der Waals surface area contributed by atoms with Crippen molar-refractivity contribution in [3.8, 4) is 11.6 Å². The Morgan fingerprint density at radius 1 is 1.17 bits per heavy atom. The summed E-state index contributed by atoms with van der Waals surface area (Å²) in [5.41, 5.74) is 1.42. The third kappa shape index (κ3) is 3.12. The van der Waals surface area contributed by atoms with Gasteiger partial charge in [0.05, 0.1) is 17.9 Å². The van der Waals surface area contributed by atoms with E-state index in [1.165, 1.54) is 13.2 Å². The van der Waals surface area contributed by atoms with Crippen LogP contribution in [0.3, 0.4) is 0 Å². The lowest BCUT2D eigenvalue weighted by Gasteiger charge is -2.11. The Bertz CT molecular complexity index is 851. The molecule has 24 heavy (non-hydrogen) atoms. The molecule has 0 radical (unpaired) electrons. The second-order valence-electron chi connectivity index (χ2n) is 5.46. The van der Waals surface area contributed by atoms with E-state index in [1.54, 1.807) is 31.2 Å². The van der Waals surface area contributed by atoms with E-state index in [1.807, 2.05) is 18.2 Å². The van der Waals surface area contributed by atoms with Crippen molar-refractivity contribution < 1.29 is 14.0 Å². The Morgan fingerprint density at radius 3 is 2.54 bits per heavy atom. The highest BCUT2D eigenvalue weighted by molar-refractivity contribution is 5.99. The lowest BCUT2D eigenvalue weighted by molar-refractivity contribution is -0.117. The van der Waals surface area contributed by atoms with Gasteiger partial charge in [-0.25, -0.2) is 4.98 Å². The Kier molecular flexibility index (Phi) is 4.29. The average molecular weight is 323 g/mol. The quantitative estimate of drug-likeness (QED) is 0.702. The Morgan fingerprint density at radius 2 is 1.92 bits per heavy atom. The maximum absolute atomic E-state index is 12.5. The average Bonchev–Trinajstić information content (AvgIpc) is 3.24. The van der Waals surface area contributed by atoms with Crippen LogP contribution in [0.5, 0.6) is 0 Å². The molecule has 3 aromatic rings. The molecule has 1 aromatic carbocycles.